The third-order valence-corrected chi connectivity index (χ3v) is 5.00. The summed E-state index contributed by atoms with van der Waals surface area (Å²) in [4.78, 5) is 8.73. The first-order chi connectivity index (χ1) is 7.83. The molecule has 2 rings (SSSR count). The summed E-state index contributed by atoms with van der Waals surface area (Å²) >= 11 is 5.45. The van der Waals surface area contributed by atoms with Gasteiger partial charge in [0.2, 0.25) is 0 Å². The maximum atomic E-state index is 4.78. The SMILES string of the molecule is CCCc1nc(CN2CCCC2)sc1CBr. The third-order valence-electron chi connectivity index (χ3n) is 2.99. The van der Waals surface area contributed by atoms with Gasteiger partial charge in [0, 0.05) is 10.2 Å². The standard InChI is InChI=1S/C12H19BrN2S/c1-2-5-10-11(8-13)16-12(14-10)9-15-6-3-4-7-15/h2-9H2,1H3. The van der Waals surface area contributed by atoms with Gasteiger partial charge in [-0.05, 0) is 32.4 Å². The summed E-state index contributed by atoms with van der Waals surface area (Å²) in [5, 5.41) is 2.26. The molecule has 1 aliphatic rings. The predicted molar refractivity (Wildman–Crippen MR) is 73.3 cm³/mol. The highest BCUT2D eigenvalue weighted by atomic mass is 79.9. The van der Waals surface area contributed by atoms with Crippen LogP contribution in [0.15, 0.2) is 0 Å². The highest BCUT2D eigenvalue weighted by Gasteiger charge is 2.15. The lowest BCUT2D eigenvalue weighted by atomic mass is 10.2. The first-order valence-corrected chi connectivity index (χ1v) is 8.03. The van der Waals surface area contributed by atoms with E-state index < -0.39 is 0 Å². The molecule has 1 aromatic rings. The average molecular weight is 303 g/mol. The minimum absolute atomic E-state index is 0.958. The molecule has 0 N–H and O–H groups in total. The molecule has 4 heteroatoms. The van der Waals surface area contributed by atoms with Gasteiger partial charge >= 0.3 is 0 Å². The topological polar surface area (TPSA) is 16.1 Å². The van der Waals surface area contributed by atoms with E-state index in [1.807, 2.05) is 11.3 Å². The Morgan fingerprint density at radius 2 is 2.12 bits per heavy atom. The number of aryl methyl sites for hydroxylation is 1. The molecule has 1 aromatic heterocycles. The lowest BCUT2D eigenvalue weighted by Crippen LogP contribution is -2.18. The minimum atomic E-state index is 0.958. The number of thiazole rings is 1. The normalized spacial score (nSPS) is 17.1. The van der Waals surface area contributed by atoms with Crippen LogP contribution in [0.25, 0.3) is 0 Å². The van der Waals surface area contributed by atoms with Gasteiger partial charge in [-0.3, -0.25) is 4.90 Å². The largest absolute Gasteiger partial charge is 0.297 e. The summed E-state index contributed by atoms with van der Waals surface area (Å²) in [6.45, 7) is 5.80. The van der Waals surface area contributed by atoms with Gasteiger partial charge in [0.25, 0.3) is 0 Å². The molecule has 90 valence electrons. The van der Waals surface area contributed by atoms with Crippen LogP contribution in [0.3, 0.4) is 0 Å². The van der Waals surface area contributed by atoms with Crippen LogP contribution in [0.1, 0.15) is 41.8 Å². The van der Waals surface area contributed by atoms with Crippen molar-refractivity contribution in [1.29, 1.82) is 0 Å². The Morgan fingerprint density at radius 1 is 1.38 bits per heavy atom. The van der Waals surface area contributed by atoms with Crippen molar-refractivity contribution in [2.24, 2.45) is 0 Å². The molecule has 0 aromatic carbocycles. The van der Waals surface area contributed by atoms with E-state index in [9.17, 15) is 0 Å². The van der Waals surface area contributed by atoms with E-state index in [1.165, 1.54) is 47.9 Å². The van der Waals surface area contributed by atoms with Crippen LogP contribution in [-0.2, 0) is 18.3 Å². The van der Waals surface area contributed by atoms with Gasteiger partial charge in [-0.2, -0.15) is 0 Å². The first kappa shape index (κ1) is 12.5. The van der Waals surface area contributed by atoms with E-state index in [4.69, 9.17) is 4.98 Å². The van der Waals surface area contributed by atoms with E-state index >= 15 is 0 Å². The van der Waals surface area contributed by atoms with E-state index in [0.717, 1.165) is 18.3 Å². The second kappa shape index (κ2) is 6.12. The fraction of sp³-hybridized carbons (Fsp3) is 0.750. The Hall–Kier alpha value is 0.0700. The molecule has 0 spiro atoms. The molecule has 1 fully saturated rings. The van der Waals surface area contributed by atoms with Crippen molar-refractivity contribution in [2.75, 3.05) is 13.1 Å². The number of hydrogen-bond donors (Lipinski definition) is 0. The monoisotopic (exact) mass is 302 g/mol. The highest BCUT2D eigenvalue weighted by molar-refractivity contribution is 9.08. The molecule has 0 radical (unpaired) electrons. The van der Waals surface area contributed by atoms with Crippen LogP contribution in [0, 0.1) is 0 Å². The van der Waals surface area contributed by atoms with Crippen LogP contribution in [-0.4, -0.2) is 23.0 Å². The average Bonchev–Trinajstić information content (AvgIpc) is 2.89. The van der Waals surface area contributed by atoms with Gasteiger partial charge in [-0.1, -0.05) is 29.3 Å². The molecule has 1 saturated heterocycles. The molecule has 0 bridgehead atoms. The molecule has 2 heterocycles. The summed E-state index contributed by atoms with van der Waals surface area (Å²) in [7, 11) is 0. The number of aromatic nitrogens is 1. The van der Waals surface area contributed by atoms with Crippen molar-refractivity contribution in [3.63, 3.8) is 0 Å². The molecule has 0 saturated carbocycles. The van der Waals surface area contributed by atoms with E-state index in [1.54, 1.807) is 0 Å². The molecule has 0 aliphatic carbocycles. The molecule has 1 aliphatic heterocycles. The first-order valence-electron chi connectivity index (χ1n) is 6.09. The molecule has 0 unspecified atom stereocenters. The Morgan fingerprint density at radius 3 is 2.75 bits per heavy atom. The molecular formula is C12H19BrN2S. The molecule has 2 nitrogen and oxygen atoms in total. The number of rotatable bonds is 5. The van der Waals surface area contributed by atoms with Crippen LogP contribution in [0.5, 0.6) is 0 Å². The second-order valence-corrected chi connectivity index (χ2v) is 6.07. The Balaban J connectivity index is 2.02. The molecule has 16 heavy (non-hydrogen) atoms. The summed E-state index contributed by atoms with van der Waals surface area (Å²) in [5.74, 6) is 0. The third kappa shape index (κ3) is 3.05. The quantitative estimate of drug-likeness (QED) is 0.773. The highest BCUT2D eigenvalue weighted by Crippen LogP contribution is 2.24. The van der Waals surface area contributed by atoms with Crippen LogP contribution in [0.4, 0.5) is 0 Å². The summed E-state index contributed by atoms with van der Waals surface area (Å²) in [5.41, 5.74) is 1.32. The van der Waals surface area contributed by atoms with E-state index in [-0.39, 0.29) is 0 Å². The molecule has 0 amide bonds. The fourth-order valence-electron chi connectivity index (χ4n) is 2.17. The molecular weight excluding hydrogens is 284 g/mol. The van der Waals surface area contributed by atoms with Crippen molar-refractivity contribution < 1.29 is 0 Å². The van der Waals surface area contributed by atoms with Gasteiger partial charge in [0.1, 0.15) is 5.01 Å². The van der Waals surface area contributed by atoms with Gasteiger partial charge in [0.05, 0.1) is 12.2 Å². The van der Waals surface area contributed by atoms with Gasteiger partial charge in [-0.25, -0.2) is 4.98 Å². The zero-order valence-corrected chi connectivity index (χ0v) is 12.2. The van der Waals surface area contributed by atoms with Gasteiger partial charge < -0.3 is 0 Å². The predicted octanol–water partition coefficient (Wildman–Crippen LogP) is 3.59. The lowest BCUT2D eigenvalue weighted by molar-refractivity contribution is 0.330. The van der Waals surface area contributed by atoms with Crippen molar-refractivity contribution in [3.05, 3.63) is 15.6 Å². The van der Waals surface area contributed by atoms with Crippen molar-refractivity contribution in [1.82, 2.24) is 9.88 Å². The van der Waals surface area contributed by atoms with Crippen molar-refractivity contribution >= 4 is 27.3 Å². The maximum Gasteiger partial charge on any atom is 0.107 e. The van der Waals surface area contributed by atoms with E-state index in [2.05, 4.69) is 27.8 Å². The lowest BCUT2D eigenvalue weighted by Gasteiger charge is -2.11. The second-order valence-electron chi connectivity index (χ2n) is 4.34. The molecule has 0 atom stereocenters. The Bertz CT molecular complexity index is 332. The zero-order chi connectivity index (χ0) is 11.4. The summed E-state index contributed by atoms with van der Waals surface area (Å²) in [6, 6.07) is 0. The maximum absolute atomic E-state index is 4.78. The minimum Gasteiger partial charge on any atom is -0.297 e. The van der Waals surface area contributed by atoms with Crippen molar-refractivity contribution in [2.45, 2.75) is 44.5 Å². The number of hydrogen-bond acceptors (Lipinski definition) is 3. The van der Waals surface area contributed by atoms with Crippen LogP contribution in [0.2, 0.25) is 0 Å². The smallest absolute Gasteiger partial charge is 0.107 e. The zero-order valence-electron chi connectivity index (χ0n) is 9.84. The number of nitrogens with zero attached hydrogens (tertiary/aromatic N) is 2. The fourth-order valence-corrected chi connectivity index (χ4v) is 3.85. The number of alkyl halides is 1. The number of likely N-dealkylation sites (tertiary alicyclic amines) is 1. The van der Waals surface area contributed by atoms with Crippen molar-refractivity contribution in [3.8, 4) is 0 Å². The number of halogens is 1. The van der Waals surface area contributed by atoms with Gasteiger partial charge in [0.15, 0.2) is 0 Å². The van der Waals surface area contributed by atoms with Crippen LogP contribution < -0.4 is 0 Å². The van der Waals surface area contributed by atoms with Crippen LogP contribution >= 0.6 is 27.3 Å². The Kier molecular flexibility index (Phi) is 4.79. The van der Waals surface area contributed by atoms with Gasteiger partial charge in [-0.15, -0.1) is 11.3 Å². The summed E-state index contributed by atoms with van der Waals surface area (Å²) < 4.78 is 0. The van der Waals surface area contributed by atoms with E-state index in [0.29, 0.717) is 0 Å². The Labute approximate surface area is 110 Å². The summed E-state index contributed by atoms with van der Waals surface area (Å²) in [6.07, 6.45) is 5.03.